The number of anilines is 1. The quantitative estimate of drug-likeness (QED) is 0.805. The van der Waals surface area contributed by atoms with Gasteiger partial charge < -0.3 is 10.8 Å². The molecule has 0 aliphatic rings. The molecule has 0 aliphatic heterocycles. The molecule has 0 bridgehead atoms. The molecule has 0 unspecified atom stereocenters. The Bertz CT molecular complexity index is 564. The monoisotopic (exact) mass is 216 g/mol. The highest BCUT2D eigenvalue weighted by Crippen LogP contribution is 2.26. The molecule has 0 atom stereocenters. The fraction of sp³-hybridized carbons (Fsp3) is 0.167. The third-order valence-corrected chi connectivity index (χ3v) is 2.64. The summed E-state index contributed by atoms with van der Waals surface area (Å²) in [6.07, 6.45) is 2.08. The van der Waals surface area contributed by atoms with Crippen LogP contribution < -0.4 is 5.73 Å². The molecule has 0 amide bonds. The number of benzene rings is 1. The molecule has 4 heteroatoms. The molecular weight excluding hydrogens is 204 g/mol. The second kappa shape index (κ2) is 3.81. The van der Waals surface area contributed by atoms with Crippen LogP contribution in [0.15, 0.2) is 24.4 Å². The molecule has 2 rings (SSSR count). The molecule has 1 aromatic carbocycles. The summed E-state index contributed by atoms with van der Waals surface area (Å²) in [6, 6.07) is 5.57. The average molecular weight is 216 g/mol. The number of aromatic nitrogens is 1. The maximum atomic E-state index is 11.1. The number of hydrogen-bond donors (Lipinski definition) is 2. The summed E-state index contributed by atoms with van der Waals surface area (Å²) in [4.78, 5) is 15.0. The number of nitrogen functional groups attached to an aromatic ring is 1. The number of aromatic carboxylic acids is 1. The van der Waals surface area contributed by atoms with E-state index in [1.165, 1.54) is 6.20 Å². The van der Waals surface area contributed by atoms with E-state index in [2.05, 4.69) is 4.98 Å². The number of nitrogens with two attached hydrogens (primary N) is 1. The average Bonchev–Trinajstić information content (AvgIpc) is 2.28. The van der Waals surface area contributed by atoms with E-state index >= 15 is 0 Å². The van der Waals surface area contributed by atoms with Gasteiger partial charge in [-0.05, 0) is 12.0 Å². The van der Waals surface area contributed by atoms with Crippen molar-refractivity contribution in [1.29, 1.82) is 0 Å². The van der Waals surface area contributed by atoms with E-state index in [1.54, 1.807) is 6.07 Å². The van der Waals surface area contributed by atoms with Crippen molar-refractivity contribution in [3.63, 3.8) is 0 Å². The van der Waals surface area contributed by atoms with Crippen molar-refractivity contribution in [1.82, 2.24) is 4.98 Å². The minimum Gasteiger partial charge on any atom is -0.478 e. The van der Waals surface area contributed by atoms with Crippen molar-refractivity contribution in [3.05, 3.63) is 35.5 Å². The maximum Gasteiger partial charge on any atom is 0.337 e. The van der Waals surface area contributed by atoms with Gasteiger partial charge in [0.15, 0.2) is 0 Å². The Morgan fingerprint density at radius 1 is 1.50 bits per heavy atom. The Morgan fingerprint density at radius 2 is 2.25 bits per heavy atom. The number of fused-ring (bicyclic) bond motifs is 1. The Hall–Kier alpha value is -2.10. The fourth-order valence-electron chi connectivity index (χ4n) is 1.86. The molecule has 0 saturated carbocycles. The van der Waals surface area contributed by atoms with Crippen LogP contribution in [-0.4, -0.2) is 16.1 Å². The number of nitrogens with zero attached hydrogens (tertiary/aromatic N) is 1. The highest BCUT2D eigenvalue weighted by atomic mass is 16.4. The summed E-state index contributed by atoms with van der Waals surface area (Å²) in [5, 5.41) is 10.5. The van der Waals surface area contributed by atoms with Crippen LogP contribution in [0.25, 0.3) is 10.8 Å². The minimum absolute atomic E-state index is 0.210. The molecule has 0 radical (unpaired) electrons. The second-order valence-electron chi connectivity index (χ2n) is 3.56. The molecule has 82 valence electrons. The molecule has 0 aliphatic carbocycles. The standard InChI is InChI=1S/C12H12N2O2/c1-2-7-4-3-5-8-10(7)9(12(15)16)6-14-11(8)13/h3-6H,2H2,1H3,(H2,13,14)(H,15,16). The molecule has 4 nitrogen and oxygen atoms in total. The third-order valence-electron chi connectivity index (χ3n) is 2.64. The Balaban J connectivity index is 2.93. The molecule has 1 aromatic heterocycles. The molecular formula is C12H12N2O2. The first kappa shape index (κ1) is 10.4. The lowest BCUT2D eigenvalue weighted by atomic mass is 9.99. The van der Waals surface area contributed by atoms with Crippen LogP contribution in [0.1, 0.15) is 22.8 Å². The molecule has 3 N–H and O–H groups in total. The minimum atomic E-state index is -0.974. The predicted octanol–water partition coefficient (Wildman–Crippen LogP) is 2.08. The maximum absolute atomic E-state index is 11.1. The predicted molar refractivity (Wildman–Crippen MR) is 62.5 cm³/mol. The summed E-state index contributed by atoms with van der Waals surface area (Å²) < 4.78 is 0. The first-order valence-electron chi connectivity index (χ1n) is 5.04. The molecule has 0 saturated heterocycles. The number of carboxylic acids is 1. The largest absolute Gasteiger partial charge is 0.478 e. The van der Waals surface area contributed by atoms with Crippen molar-refractivity contribution in [2.75, 3.05) is 5.73 Å². The van der Waals surface area contributed by atoms with Crippen LogP contribution in [-0.2, 0) is 6.42 Å². The SMILES string of the molecule is CCc1cccc2c(N)ncc(C(=O)O)c12. The highest BCUT2D eigenvalue weighted by molar-refractivity contribution is 6.07. The lowest BCUT2D eigenvalue weighted by Gasteiger charge is -2.08. The van der Waals surface area contributed by atoms with Gasteiger partial charge in [-0.2, -0.15) is 0 Å². The van der Waals surface area contributed by atoms with E-state index in [9.17, 15) is 4.79 Å². The number of carbonyl (C=O) groups is 1. The van der Waals surface area contributed by atoms with Gasteiger partial charge >= 0.3 is 5.97 Å². The Kier molecular flexibility index (Phi) is 2.48. The van der Waals surface area contributed by atoms with Crippen molar-refractivity contribution >= 4 is 22.6 Å². The number of hydrogen-bond acceptors (Lipinski definition) is 3. The van der Waals surface area contributed by atoms with Crippen molar-refractivity contribution in [3.8, 4) is 0 Å². The van der Waals surface area contributed by atoms with Crippen LogP contribution in [0.5, 0.6) is 0 Å². The lowest BCUT2D eigenvalue weighted by Crippen LogP contribution is -2.03. The first-order valence-corrected chi connectivity index (χ1v) is 5.04. The summed E-state index contributed by atoms with van der Waals surface area (Å²) in [7, 11) is 0. The Labute approximate surface area is 92.7 Å². The van der Waals surface area contributed by atoms with Crippen LogP contribution in [0.4, 0.5) is 5.82 Å². The molecule has 0 fully saturated rings. The van der Waals surface area contributed by atoms with Crippen LogP contribution in [0, 0.1) is 0 Å². The zero-order chi connectivity index (χ0) is 11.7. The van der Waals surface area contributed by atoms with Gasteiger partial charge in [0, 0.05) is 17.0 Å². The second-order valence-corrected chi connectivity index (χ2v) is 3.56. The van der Waals surface area contributed by atoms with Crippen molar-refractivity contribution in [2.24, 2.45) is 0 Å². The zero-order valence-electron chi connectivity index (χ0n) is 8.90. The summed E-state index contributed by atoms with van der Waals surface area (Å²) in [6.45, 7) is 1.98. The van der Waals surface area contributed by atoms with Gasteiger partial charge in [-0.25, -0.2) is 9.78 Å². The van der Waals surface area contributed by atoms with Gasteiger partial charge in [0.2, 0.25) is 0 Å². The van der Waals surface area contributed by atoms with Gasteiger partial charge in [0.05, 0.1) is 5.56 Å². The molecule has 2 aromatic rings. The van der Waals surface area contributed by atoms with E-state index in [1.807, 2.05) is 19.1 Å². The topological polar surface area (TPSA) is 76.2 Å². The van der Waals surface area contributed by atoms with E-state index < -0.39 is 5.97 Å². The highest BCUT2D eigenvalue weighted by Gasteiger charge is 2.13. The number of aryl methyl sites for hydroxylation is 1. The number of carboxylic acid groups (broad SMARTS) is 1. The van der Waals surface area contributed by atoms with Crippen LogP contribution in [0.3, 0.4) is 0 Å². The number of rotatable bonds is 2. The van der Waals surface area contributed by atoms with E-state index in [-0.39, 0.29) is 5.56 Å². The third kappa shape index (κ3) is 1.48. The Morgan fingerprint density at radius 3 is 2.88 bits per heavy atom. The first-order chi connectivity index (χ1) is 7.65. The summed E-state index contributed by atoms with van der Waals surface area (Å²) in [5.74, 6) is -0.603. The van der Waals surface area contributed by atoms with E-state index in [0.29, 0.717) is 16.6 Å². The lowest BCUT2D eigenvalue weighted by molar-refractivity contribution is 0.0698. The molecule has 16 heavy (non-hydrogen) atoms. The summed E-state index contributed by atoms with van der Waals surface area (Å²) >= 11 is 0. The molecule has 0 spiro atoms. The van der Waals surface area contributed by atoms with Gasteiger partial charge in [0.1, 0.15) is 5.82 Å². The van der Waals surface area contributed by atoms with Gasteiger partial charge in [0.25, 0.3) is 0 Å². The molecule has 1 heterocycles. The van der Waals surface area contributed by atoms with Crippen LogP contribution >= 0.6 is 0 Å². The van der Waals surface area contributed by atoms with Gasteiger partial charge in [-0.3, -0.25) is 0 Å². The van der Waals surface area contributed by atoms with E-state index in [0.717, 1.165) is 12.0 Å². The van der Waals surface area contributed by atoms with Crippen LogP contribution in [0.2, 0.25) is 0 Å². The smallest absolute Gasteiger partial charge is 0.337 e. The van der Waals surface area contributed by atoms with Gasteiger partial charge in [-0.15, -0.1) is 0 Å². The van der Waals surface area contributed by atoms with E-state index in [4.69, 9.17) is 10.8 Å². The van der Waals surface area contributed by atoms with Crippen molar-refractivity contribution in [2.45, 2.75) is 13.3 Å². The van der Waals surface area contributed by atoms with Gasteiger partial charge in [-0.1, -0.05) is 25.1 Å². The normalized spacial score (nSPS) is 10.6. The fourth-order valence-corrected chi connectivity index (χ4v) is 1.86. The number of pyridine rings is 1. The zero-order valence-corrected chi connectivity index (χ0v) is 8.90. The summed E-state index contributed by atoms with van der Waals surface area (Å²) in [5.41, 5.74) is 6.93. The van der Waals surface area contributed by atoms with Crippen molar-refractivity contribution < 1.29 is 9.90 Å².